The van der Waals surface area contributed by atoms with Crippen LogP contribution in [0.2, 0.25) is 0 Å². The van der Waals surface area contributed by atoms with Crippen LogP contribution in [0.1, 0.15) is 11.1 Å². The van der Waals surface area contributed by atoms with E-state index in [4.69, 9.17) is 9.47 Å². The normalized spacial score (nSPS) is 23.5. The summed E-state index contributed by atoms with van der Waals surface area (Å²) in [6.45, 7) is 0.849. The monoisotopic (exact) mass is 541 g/mol. The van der Waals surface area contributed by atoms with Crippen molar-refractivity contribution in [2.24, 2.45) is 0 Å². The van der Waals surface area contributed by atoms with Gasteiger partial charge in [-0.25, -0.2) is 8.42 Å². The number of nitrogens with zero attached hydrogens (tertiary/aromatic N) is 3. The Morgan fingerprint density at radius 2 is 1.79 bits per heavy atom. The number of aliphatic hydroxyl groups is 1. The standard InChI is InChI=1S/C26H27N3O8S/c1-27-20-9-4-3-8-19(20)26(25(27)33)21(23(31)24(32)29(26)12-13-36-2)22(30)17-6-5-7-18(16-17)38(34,35)28-10-14-37-15-11-28/h3-9,16,30H,10-15H2,1-2H3/b22-21+. The van der Waals surface area contributed by atoms with Gasteiger partial charge < -0.3 is 24.4 Å². The Hall–Kier alpha value is -3.58. The van der Waals surface area contributed by atoms with E-state index in [1.165, 1.54) is 47.6 Å². The summed E-state index contributed by atoms with van der Waals surface area (Å²) in [6.07, 6.45) is 0. The number of ketones is 1. The number of methoxy groups -OCH3 is 1. The summed E-state index contributed by atoms with van der Waals surface area (Å²) < 4.78 is 38.2. The third-order valence-corrected chi connectivity index (χ3v) is 9.07. The van der Waals surface area contributed by atoms with Crippen LogP contribution in [0.4, 0.5) is 5.69 Å². The second-order valence-corrected chi connectivity index (χ2v) is 11.1. The molecule has 12 heteroatoms. The maximum absolute atomic E-state index is 13.9. The Labute approximate surface area is 219 Å². The first-order valence-electron chi connectivity index (χ1n) is 12.0. The Bertz CT molecular complexity index is 1460. The molecule has 3 aliphatic heterocycles. The minimum absolute atomic E-state index is 0.0108. The summed E-state index contributed by atoms with van der Waals surface area (Å²) in [4.78, 5) is 43.1. The number of anilines is 1. The molecule has 2 amide bonds. The molecule has 3 heterocycles. The molecule has 2 aromatic rings. The Kier molecular flexibility index (Phi) is 6.59. The fourth-order valence-corrected chi connectivity index (χ4v) is 6.79. The summed E-state index contributed by atoms with van der Waals surface area (Å²) >= 11 is 0. The second kappa shape index (κ2) is 9.62. The molecule has 38 heavy (non-hydrogen) atoms. The molecule has 2 aromatic carbocycles. The number of benzene rings is 2. The van der Waals surface area contributed by atoms with Crippen LogP contribution in [-0.2, 0) is 39.4 Å². The van der Waals surface area contributed by atoms with E-state index >= 15 is 0 Å². The summed E-state index contributed by atoms with van der Waals surface area (Å²) in [7, 11) is -0.958. The number of aliphatic hydroxyl groups excluding tert-OH is 1. The van der Waals surface area contributed by atoms with Gasteiger partial charge in [0.15, 0.2) is 5.54 Å². The van der Waals surface area contributed by atoms with Gasteiger partial charge >= 0.3 is 0 Å². The van der Waals surface area contributed by atoms with Gasteiger partial charge in [0.1, 0.15) is 5.76 Å². The zero-order chi connectivity index (χ0) is 27.2. The molecule has 2 fully saturated rings. The highest BCUT2D eigenvalue weighted by Crippen LogP contribution is 2.53. The SMILES string of the molecule is COCCN1C(=O)C(=O)/C(=C(\O)c2cccc(S(=O)(=O)N3CCOCC3)c2)C12C(=O)N(C)c1ccccc12. The number of carbonyl (C=O) groups is 3. The molecule has 0 aromatic heterocycles. The van der Waals surface area contributed by atoms with E-state index in [2.05, 4.69) is 0 Å². The first-order valence-corrected chi connectivity index (χ1v) is 13.5. The third-order valence-electron chi connectivity index (χ3n) is 7.17. The van der Waals surface area contributed by atoms with Crippen molar-refractivity contribution in [3.8, 4) is 0 Å². The van der Waals surface area contributed by atoms with Crippen LogP contribution in [0, 0.1) is 0 Å². The van der Waals surface area contributed by atoms with Crippen molar-refractivity contribution >= 4 is 39.1 Å². The van der Waals surface area contributed by atoms with Crippen LogP contribution in [0.3, 0.4) is 0 Å². The number of carbonyl (C=O) groups excluding carboxylic acids is 3. The summed E-state index contributed by atoms with van der Waals surface area (Å²) in [6, 6.07) is 12.2. The van der Waals surface area contributed by atoms with Gasteiger partial charge in [-0.2, -0.15) is 4.31 Å². The molecule has 200 valence electrons. The highest BCUT2D eigenvalue weighted by atomic mass is 32.2. The molecule has 0 aliphatic carbocycles. The quantitative estimate of drug-likeness (QED) is 0.324. The second-order valence-electron chi connectivity index (χ2n) is 9.14. The van der Waals surface area contributed by atoms with Crippen LogP contribution >= 0.6 is 0 Å². The molecule has 11 nitrogen and oxygen atoms in total. The highest BCUT2D eigenvalue weighted by Gasteiger charge is 2.66. The maximum atomic E-state index is 13.9. The molecular weight excluding hydrogens is 514 g/mol. The van der Waals surface area contributed by atoms with Gasteiger partial charge in [0.05, 0.1) is 30.3 Å². The average Bonchev–Trinajstić information content (AvgIpc) is 3.30. The number of amides is 2. The van der Waals surface area contributed by atoms with E-state index in [0.717, 1.165) is 4.90 Å². The van der Waals surface area contributed by atoms with Gasteiger partial charge in [-0.1, -0.05) is 30.3 Å². The summed E-state index contributed by atoms with van der Waals surface area (Å²) in [5, 5.41) is 11.6. The lowest BCUT2D eigenvalue weighted by molar-refractivity contribution is -0.144. The number of ether oxygens (including phenoxy) is 2. The average molecular weight is 542 g/mol. The van der Waals surface area contributed by atoms with Crippen molar-refractivity contribution in [3.05, 3.63) is 65.2 Å². The van der Waals surface area contributed by atoms with Gasteiger partial charge in [0.25, 0.3) is 17.6 Å². The number of sulfonamides is 1. The van der Waals surface area contributed by atoms with Gasteiger partial charge in [-0.05, 0) is 18.2 Å². The number of fused-ring (bicyclic) bond motifs is 2. The molecule has 1 unspecified atom stereocenters. The Morgan fingerprint density at radius 3 is 2.50 bits per heavy atom. The van der Waals surface area contributed by atoms with E-state index < -0.39 is 44.5 Å². The van der Waals surface area contributed by atoms with E-state index in [1.54, 1.807) is 24.3 Å². The van der Waals surface area contributed by atoms with Crippen LogP contribution in [-0.4, -0.2) is 93.9 Å². The molecule has 3 aliphatic rings. The molecule has 0 radical (unpaired) electrons. The topological polar surface area (TPSA) is 134 Å². The smallest absolute Gasteiger partial charge is 0.296 e. The fourth-order valence-electron chi connectivity index (χ4n) is 5.34. The number of morpholine rings is 1. The maximum Gasteiger partial charge on any atom is 0.296 e. The number of likely N-dealkylation sites (tertiary alicyclic amines) is 1. The van der Waals surface area contributed by atoms with Crippen molar-refractivity contribution < 1.29 is 37.4 Å². The first-order chi connectivity index (χ1) is 18.2. The van der Waals surface area contributed by atoms with Gasteiger partial charge in [0, 0.05) is 50.6 Å². The van der Waals surface area contributed by atoms with Crippen molar-refractivity contribution in [2.45, 2.75) is 10.4 Å². The molecular formula is C26H27N3O8S. The van der Waals surface area contributed by atoms with Crippen molar-refractivity contribution in [2.75, 3.05) is 58.5 Å². The van der Waals surface area contributed by atoms with Gasteiger partial charge in [0.2, 0.25) is 10.0 Å². The zero-order valence-electron chi connectivity index (χ0n) is 20.9. The van der Waals surface area contributed by atoms with Gasteiger partial charge in [-0.15, -0.1) is 0 Å². The van der Waals surface area contributed by atoms with E-state index in [0.29, 0.717) is 11.3 Å². The fraction of sp³-hybridized carbons (Fsp3) is 0.346. The third kappa shape index (κ3) is 3.67. The van der Waals surface area contributed by atoms with E-state index in [-0.39, 0.29) is 49.9 Å². The number of rotatable bonds is 6. The van der Waals surface area contributed by atoms with Crippen LogP contribution < -0.4 is 4.90 Å². The number of Topliss-reactive ketones (excluding diaryl/α,β-unsaturated/α-hetero) is 1. The Morgan fingerprint density at radius 1 is 1.08 bits per heavy atom. The lowest BCUT2D eigenvalue weighted by Crippen LogP contribution is -2.52. The lowest BCUT2D eigenvalue weighted by atomic mass is 9.82. The molecule has 0 bridgehead atoms. The molecule has 0 saturated carbocycles. The lowest BCUT2D eigenvalue weighted by Gasteiger charge is -2.34. The van der Waals surface area contributed by atoms with Crippen molar-refractivity contribution in [3.63, 3.8) is 0 Å². The molecule has 2 saturated heterocycles. The van der Waals surface area contributed by atoms with Crippen molar-refractivity contribution in [1.82, 2.24) is 9.21 Å². The van der Waals surface area contributed by atoms with Crippen molar-refractivity contribution in [1.29, 1.82) is 0 Å². The van der Waals surface area contributed by atoms with Crippen LogP contribution in [0.25, 0.3) is 5.76 Å². The summed E-state index contributed by atoms with van der Waals surface area (Å²) in [5.74, 6) is -3.23. The minimum atomic E-state index is -3.92. The van der Waals surface area contributed by atoms with Crippen LogP contribution in [0.15, 0.2) is 59.0 Å². The highest BCUT2D eigenvalue weighted by molar-refractivity contribution is 7.89. The molecule has 1 N–H and O–H groups in total. The number of likely N-dealkylation sites (N-methyl/N-ethyl adjacent to an activating group) is 1. The molecule has 1 atom stereocenters. The number of para-hydroxylation sites is 1. The molecule has 1 spiro atoms. The van der Waals surface area contributed by atoms with E-state index in [9.17, 15) is 27.9 Å². The van der Waals surface area contributed by atoms with Gasteiger partial charge in [-0.3, -0.25) is 14.4 Å². The zero-order valence-corrected chi connectivity index (χ0v) is 21.7. The number of hydrogen-bond donors (Lipinski definition) is 1. The predicted molar refractivity (Wildman–Crippen MR) is 136 cm³/mol. The predicted octanol–water partition coefficient (Wildman–Crippen LogP) is 0.906. The molecule has 5 rings (SSSR count). The Balaban J connectivity index is 1.72. The first kappa shape index (κ1) is 26.0. The largest absolute Gasteiger partial charge is 0.507 e. The number of hydrogen-bond acceptors (Lipinski definition) is 8. The van der Waals surface area contributed by atoms with E-state index in [1.807, 2.05) is 0 Å². The van der Waals surface area contributed by atoms with Crippen LogP contribution in [0.5, 0.6) is 0 Å². The summed E-state index contributed by atoms with van der Waals surface area (Å²) in [5.41, 5.74) is -1.51. The minimum Gasteiger partial charge on any atom is -0.507 e.